The van der Waals surface area contributed by atoms with Gasteiger partial charge in [-0.15, -0.1) is 0 Å². The van der Waals surface area contributed by atoms with E-state index in [0.29, 0.717) is 11.6 Å². The van der Waals surface area contributed by atoms with Gasteiger partial charge in [0.25, 0.3) is 5.91 Å². The van der Waals surface area contributed by atoms with Crippen LogP contribution in [0, 0.1) is 0 Å². The highest BCUT2D eigenvalue weighted by Crippen LogP contribution is 2.37. The summed E-state index contributed by atoms with van der Waals surface area (Å²) in [6.45, 7) is 1.25. The molecule has 0 atom stereocenters. The van der Waals surface area contributed by atoms with Crippen molar-refractivity contribution in [2.75, 3.05) is 18.4 Å². The molecule has 1 aliphatic heterocycles. The van der Waals surface area contributed by atoms with Gasteiger partial charge in [0.15, 0.2) is 0 Å². The highest BCUT2D eigenvalue weighted by molar-refractivity contribution is 6.31. The van der Waals surface area contributed by atoms with Crippen LogP contribution in [0.3, 0.4) is 0 Å². The third-order valence-corrected chi connectivity index (χ3v) is 5.64. The van der Waals surface area contributed by atoms with Gasteiger partial charge in [0.2, 0.25) is 0 Å². The second kappa shape index (κ2) is 7.31. The van der Waals surface area contributed by atoms with E-state index in [-0.39, 0.29) is 11.9 Å². The van der Waals surface area contributed by atoms with Gasteiger partial charge in [0.1, 0.15) is 17.7 Å². The van der Waals surface area contributed by atoms with Crippen molar-refractivity contribution in [1.29, 1.82) is 0 Å². The van der Waals surface area contributed by atoms with E-state index in [2.05, 4.69) is 20.6 Å². The van der Waals surface area contributed by atoms with E-state index in [4.69, 9.17) is 11.6 Å². The minimum Gasteiger partial charge on any atom is -0.369 e. The number of amides is 3. The molecule has 0 unspecified atom stereocenters. The maximum Gasteiger partial charge on any atom is 0.325 e. The Morgan fingerprint density at radius 1 is 1.19 bits per heavy atom. The number of carbonyl (C=O) groups excluding carboxylic acids is 2. The fraction of sp³-hybridized carbons (Fsp3) is 0.474. The van der Waals surface area contributed by atoms with Crippen molar-refractivity contribution in [2.45, 2.75) is 44.1 Å². The molecule has 27 heavy (non-hydrogen) atoms. The molecule has 2 fully saturated rings. The molecule has 0 bridgehead atoms. The van der Waals surface area contributed by atoms with Crippen LogP contribution in [0.2, 0.25) is 5.02 Å². The van der Waals surface area contributed by atoms with Gasteiger partial charge in [-0.3, -0.25) is 9.69 Å². The highest BCUT2D eigenvalue weighted by Gasteiger charge is 2.54. The van der Waals surface area contributed by atoms with E-state index >= 15 is 0 Å². The Labute approximate surface area is 162 Å². The van der Waals surface area contributed by atoms with E-state index in [9.17, 15) is 9.59 Å². The summed E-state index contributed by atoms with van der Waals surface area (Å²) in [5.41, 5.74) is 0.235. The number of unbranched alkanes of at least 4 members (excludes halogenated alkanes) is 2. The van der Waals surface area contributed by atoms with Crippen molar-refractivity contribution in [2.24, 2.45) is 0 Å². The fourth-order valence-electron chi connectivity index (χ4n) is 3.70. The highest BCUT2D eigenvalue weighted by atomic mass is 35.5. The molecular weight excluding hydrogens is 366 g/mol. The Morgan fingerprint density at radius 2 is 2.04 bits per heavy atom. The summed E-state index contributed by atoms with van der Waals surface area (Å²) < 4.78 is 0. The number of urea groups is 1. The molecule has 0 radical (unpaired) electrons. The predicted molar refractivity (Wildman–Crippen MR) is 104 cm³/mol. The Kier molecular flexibility index (Phi) is 4.86. The Bertz CT molecular complexity index is 884. The smallest absolute Gasteiger partial charge is 0.325 e. The van der Waals surface area contributed by atoms with Gasteiger partial charge in [0.05, 0.1) is 5.52 Å². The molecule has 2 heterocycles. The molecule has 1 saturated carbocycles. The number of imide groups is 1. The van der Waals surface area contributed by atoms with Gasteiger partial charge < -0.3 is 10.6 Å². The van der Waals surface area contributed by atoms with Crippen LogP contribution in [-0.4, -0.2) is 45.4 Å². The number of rotatable bonds is 7. The Balaban J connectivity index is 1.22. The zero-order valence-corrected chi connectivity index (χ0v) is 15.8. The molecule has 1 aromatic heterocycles. The molecule has 3 amide bonds. The number of anilines is 1. The summed E-state index contributed by atoms with van der Waals surface area (Å²) in [4.78, 5) is 34.3. The van der Waals surface area contributed by atoms with E-state index in [1.54, 1.807) is 0 Å². The lowest BCUT2D eigenvalue weighted by atomic mass is 9.77. The number of aromatic nitrogens is 2. The maximum atomic E-state index is 12.4. The van der Waals surface area contributed by atoms with Gasteiger partial charge in [0, 0.05) is 23.5 Å². The molecule has 1 aliphatic carbocycles. The molecule has 2 aliphatic rings. The first-order valence-electron chi connectivity index (χ1n) is 9.37. The quantitative estimate of drug-likeness (QED) is 0.562. The minimum atomic E-state index is -0.574. The Hall–Kier alpha value is -2.41. The van der Waals surface area contributed by atoms with Gasteiger partial charge in [-0.25, -0.2) is 14.8 Å². The minimum absolute atomic E-state index is 0.0389. The third kappa shape index (κ3) is 3.43. The van der Waals surface area contributed by atoms with Crippen molar-refractivity contribution in [1.82, 2.24) is 20.2 Å². The van der Waals surface area contributed by atoms with E-state index < -0.39 is 5.54 Å². The summed E-state index contributed by atoms with van der Waals surface area (Å²) in [5, 5.41) is 7.78. The van der Waals surface area contributed by atoms with Crippen molar-refractivity contribution >= 4 is 40.3 Å². The third-order valence-electron chi connectivity index (χ3n) is 5.40. The summed E-state index contributed by atoms with van der Waals surface area (Å²) in [6.07, 6.45) is 6.73. The normalized spacial score (nSPS) is 18.0. The van der Waals surface area contributed by atoms with Crippen LogP contribution in [-0.2, 0) is 4.79 Å². The second-order valence-corrected chi connectivity index (χ2v) is 7.63. The first-order chi connectivity index (χ1) is 13.1. The van der Waals surface area contributed by atoms with Gasteiger partial charge in [-0.1, -0.05) is 11.6 Å². The monoisotopic (exact) mass is 387 g/mol. The molecule has 2 aromatic rings. The van der Waals surface area contributed by atoms with Crippen LogP contribution in [0.15, 0.2) is 24.5 Å². The summed E-state index contributed by atoms with van der Waals surface area (Å²) in [7, 11) is 0. The molecule has 1 spiro atoms. The lowest BCUT2D eigenvalue weighted by molar-refractivity contribution is -0.134. The van der Waals surface area contributed by atoms with E-state index in [0.717, 1.165) is 61.8 Å². The van der Waals surface area contributed by atoms with Gasteiger partial charge in [-0.2, -0.15) is 0 Å². The lowest BCUT2D eigenvalue weighted by Crippen LogP contribution is -2.52. The van der Waals surface area contributed by atoms with E-state index in [1.165, 1.54) is 11.2 Å². The molecule has 142 valence electrons. The molecule has 1 saturated heterocycles. The number of fused-ring (bicyclic) bond motifs is 1. The van der Waals surface area contributed by atoms with Crippen molar-refractivity contribution in [3.8, 4) is 0 Å². The van der Waals surface area contributed by atoms with Crippen LogP contribution in [0.1, 0.15) is 38.5 Å². The number of nitrogens with one attached hydrogen (secondary N) is 2. The van der Waals surface area contributed by atoms with E-state index in [1.807, 2.05) is 18.2 Å². The van der Waals surface area contributed by atoms with Crippen molar-refractivity contribution < 1.29 is 9.59 Å². The number of hydrogen-bond acceptors (Lipinski definition) is 5. The standard InChI is InChI=1S/C19H22ClN5O2/c20-13-5-6-14-15(11-13)22-12-23-16(14)21-9-2-1-3-10-25-17(26)19(7-4-8-19)24-18(25)27/h5-6,11-12H,1-4,7-10H2,(H,24,27)(H,21,22,23). The molecule has 2 N–H and O–H groups in total. The summed E-state index contributed by atoms with van der Waals surface area (Å²) in [5.74, 6) is 0.751. The summed E-state index contributed by atoms with van der Waals surface area (Å²) in [6, 6.07) is 5.32. The average Bonchev–Trinajstić information content (AvgIpc) is 2.88. The molecule has 7 nitrogen and oxygen atoms in total. The average molecular weight is 388 g/mol. The van der Waals surface area contributed by atoms with Gasteiger partial charge >= 0.3 is 6.03 Å². The fourth-order valence-corrected chi connectivity index (χ4v) is 3.86. The first-order valence-corrected chi connectivity index (χ1v) is 9.75. The molecule has 1 aromatic carbocycles. The van der Waals surface area contributed by atoms with Crippen LogP contribution in [0.5, 0.6) is 0 Å². The predicted octanol–water partition coefficient (Wildman–Crippen LogP) is 3.34. The SMILES string of the molecule is O=C1NC2(CCC2)C(=O)N1CCCCCNc1ncnc2cc(Cl)ccc12. The largest absolute Gasteiger partial charge is 0.369 e. The Morgan fingerprint density at radius 3 is 2.78 bits per heavy atom. The number of nitrogens with zero attached hydrogens (tertiary/aromatic N) is 3. The number of halogens is 1. The zero-order chi connectivity index (χ0) is 18.9. The second-order valence-electron chi connectivity index (χ2n) is 7.19. The van der Waals surface area contributed by atoms with Crippen molar-refractivity contribution in [3.63, 3.8) is 0 Å². The van der Waals surface area contributed by atoms with Crippen LogP contribution < -0.4 is 10.6 Å². The molecule has 8 heteroatoms. The molecule has 4 rings (SSSR count). The topological polar surface area (TPSA) is 87.2 Å². The first kappa shape index (κ1) is 18.0. The molecular formula is C19H22ClN5O2. The maximum absolute atomic E-state index is 12.4. The van der Waals surface area contributed by atoms with Crippen LogP contribution in [0.4, 0.5) is 10.6 Å². The van der Waals surface area contributed by atoms with Gasteiger partial charge in [-0.05, 0) is 56.7 Å². The lowest BCUT2D eigenvalue weighted by Gasteiger charge is -2.34. The number of hydrogen-bond donors (Lipinski definition) is 2. The van der Waals surface area contributed by atoms with Crippen LogP contribution in [0.25, 0.3) is 10.9 Å². The van der Waals surface area contributed by atoms with Crippen LogP contribution >= 0.6 is 11.6 Å². The number of carbonyl (C=O) groups is 2. The van der Waals surface area contributed by atoms with Crippen molar-refractivity contribution in [3.05, 3.63) is 29.5 Å². The summed E-state index contributed by atoms with van der Waals surface area (Å²) >= 11 is 6.00. The number of benzene rings is 1. The zero-order valence-electron chi connectivity index (χ0n) is 15.0.